The number of hydrogen-bond donors (Lipinski definition) is 2. The third-order valence-electron chi connectivity index (χ3n) is 4.39. The van der Waals surface area contributed by atoms with Crippen LogP contribution in [0.3, 0.4) is 0 Å². The molecule has 0 spiro atoms. The molecule has 1 aliphatic carbocycles. The van der Waals surface area contributed by atoms with E-state index in [2.05, 4.69) is 36.3 Å². The van der Waals surface area contributed by atoms with E-state index in [1.54, 1.807) is 16.3 Å². The number of rotatable bonds is 5. The van der Waals surface area contributed by atoms with Crippen molar-refractivity contribution in [2.45, 2.75) is 76.4 Å². The second-order valence-electron chi connectivity index (χ2n) is 6.85. The molecule has 1 fully saturated rings. The largest absolute Gasteiger partial charge is 0.344 e. The maximum absolute atomic E-state index is 11.9. The lowest BCUT2D eigenvalue weighted by Crippen LogP contribution is -2.51. The highest BCUT2D eigenvalue weighted by Gasteiger charge is 2.39. The van der Waals surface area contributed by atoms with Gasteiger partial charge in [0.15, 0.2) is 5.16 Å². The molecule has 1 heterocycles. The minimum absolute atomic E-state index is 0.109. The van der Waals surface area contributed by atoms with E-state index in [-0.39, 0.29) is 17.1 Å². The van der Waals surface area contributed by atoms with Crippen LogP contribution in [0.25, 0.3) is 0 Å². The molecule has 21 heavy (non-hydrogen) atoms. The summed E-state index contributed by atoms with van der Waals surface area (Å²) in [7, 11) is 0. The molecule has 120 valence electrons. The van der Waals surface area contributed by atoms with Gasteiger partial charge in [-0.3, -0.25) is 4.57 Å². The van der Waals surface area contributed by atoms with Crippen LogP contribution in [0.4, 0.5) is 0 Å². The summed E-state index contributed by atoms with van der Waals surface area (Å²) in [4.78, 5) is 11.9. The number of H-pyrrole nitrogens is 1. The van der Waals surface area contributed by atoms with Crippen molar-refractivity contribution in [3.8, 4) is 0 Å². The van der Waals surface area contributed by atoms with Crippen LogP contribution < -0.4 is 11.0 Å². The maximum atomic E-state index is 11.9. The summed E-state index contributed by atoms with van der Waals surface area (Å²) in [6, 6.07) is 0.585. The lowest BCUT2D eigenvalue weighted by Gasteiger charge is -2.44. The van der Waals surface area contributed by atoms with E-state index < -0.39 is 0 Å². The smallest absolute Gasteiger partial charge is 0.313 e. The number of hydrogen-bond acceptors (Lipinski definition) is 4. The van der Waals surface area contributed by atoms with Crippen LogP contribution in [0.1, 0.15) is 59.9 Å². The molecule has 0 aliphatic heterocycles. The lowest BCUT2D eigenvalue weighted by atomic mass is 9.73. The van der Waals surface area contributed by atoms with Gasteiger partial charge in [0.2, 0.25) is 0 Å². The molecular weight excluding hydrogens is 284 g/mol. The van der Waals surface area contributed by atoms with Gasteiger partial charge in [-0.2, -0.15) is 0 Å². The van der Waals surface area contributed by atoms with Gasteiger partial charge in [-0.25, -0.2) is 9.89 Å². The molecular formula is C15H28N4OS. The normalized spacial score (nSPS) is 25.4. The molecule has 2 N–H and O–H groups in total. The maximum Gasteiger partial charge on any atom is 0.344 e. The van der Waals surface area contributed by atoms with Crippen molar-refractivity contribution in [2.75, 3.05) is 6.54 Å². The summed E-state index contributed by atoms with van der Waals surface area (Å²) in [5.74, 6) is 0. The highest BCUT2D eigenvalue weighted by atomic mass is 32.2. The Labute approximate surface area is 131 Å². The first-order valence-electron chi connectivity index (χ1n) is 7.93. The molecule has 1 aliphatic rings. The second kappa shape index (κ2) is 6.57. The van der Waals surface area contributed by atoms with Crippen molar-refractivity contribution < 1.29 is 0 Å². The summed E-state index contributed by atoms with van der Waals surface area (Å²) in [5.41, 5.74) is 0.174. The monoisotopic (exact) mass is 312 g/mol. The van der Waals surface area contributed by atoms with Crippen molar-refractivity contribution in [1.82, 2.24) is 20.1 Å². The standard InChI is InChI=1S/C15H28N4OS/c1-6-16-12-11(8-7-9-15(12,4)5)21-14-18-17-13(20)19(14)10(2)3/h10-12,16H,6-9H2,1-5H3,(H,17,20). The van der Waals surface area contributed by atoms with E-state index in [4.69, 9.17) is 0 Å². The van der Waals surface area contributed by atoms with E-state index in [1.807, 2.05) is 13.8 Å². The van der Waals surface area contributed by atoms with Crippen molar-refractivity contribution >= 4 is 11.8 Å². The quantitative estimate of drug-likeness (QED) is 0.877. The molecule has 0 amide bonds. The Hall–Kier alpha value is -0.750. The van der Waals surface area contributed by atoms with Crippen LogP contribution >= 0.6 is 11.8 Å². The highest BCUT2D eigenvalue weighted by molar-refractivity contribution is 7.99. The van der Waals surface area contributed by atoms with Crippen LogP contribution in [-0.4, -0.2) is 32.6 Å². The number of nitrogens with one attached hydrogen (secondary N) is 2. The summed E-state index contributed by atoms with van der Waals surface area (Å²) in [6.07, 6.45) is 3.66. The van der Waals surface area contributed by atoms with Gasteiger partial charge in [0.1, 0.15) is 0 Å². The van der Waals surface area contributed by atoms with Crippen molar-refractivity contribution in [3.05, 3.63) is 10.5 Å². The fourth-order valence-electron chi connectivity index (χ4n) is 3.30. The van der Waals surface area contributed by atoms with Gasteiger partial charge in [-0.15, -0.1) is 5.10 Å². The van der Waals surface area contributed by atoms with E-state index in [1.165, 1.54) is 19.3 Å². The number of aromatic amines is 1. The molecule has 1 aromatic heterocycles. The lowest BCUT2D eigenvalue weighted by molar-refractivity contribution is 0.176. The Balaban J connectivity index is 2.23. The van der Waals surface area contributed by atoms with Gasteiger partial charge in [0.05, 0.1) is 0 Å². The van der Waals surface area contributed by atoms with Gasteiger partial charge >= 0.3 is 5.69 Å². The zero-order chi connectivity index (χ0) is 15.6. The average Bonchev–Trinajstić information content (AvgIpc) is 2.74. The first-order valence-corrected chi connectivity index (χ1v) is 8.81. The van der Waals surface area contributed by atoms with E-state index >= 15 is 0 Å². The molecule has 2 atom stereocenters. The Kier molecular flexibility index (Phi) is 5.20. The fourth-order valence-corrected chi connectivity index (χ4v) is 4.96. The van der Waals surface area contributed by atoms with Crippen molar-refractivity contribution in [3.63, 3.8) is 0 Å². The topological polar surface area (TPSA) is 62.7 Å². The Morgan fingerprint density at radius 3 is 2.86 bits per heavy atom. The predicted molar refractivity (Wildman–Crippen MR) is 88.0 cm³/mol. The van der Waals surface area contributed by atoms with Gasteiger partial charge < -0.3 is 5.32 Å². The molecule has 2 unspecified atom stereocenters. The summed E-state index contributed by atoms with van der Waals surface area (Å²) >= 11 is 1.75. The van der Waals surface area contributed by atoms with E-state index in [0.717, 1.165) is 11.7 Å². The minimum atomic E-state index is -0.109. The Morgan fingerprint density at radius 2 is 2.24 bits per heavy atom. The first kappa shape index (κ1) is 16.6. The van der Waals surface area contributed by atoms with Crippen LogP contribution in [0, 0.1) is 5.41 Å². The summed E-state index contributed by atoms with van der Waals surface area (Å²) < 4.78 is 1.76. The molecule has 0 bridgehead atoms. The van der Waals surface area contributed by atoms with Crippen LogP contribution in [-0.2, 0) is 0 Å². The van der Waals surface area contributed by atoms with Gasteiger partial charge in [-0.1, -0.05) is 39.0 Å². The van der Waals surface area contributed by atoms with E-state index in [0.29, 0.717) is 11.3 Å². The molecule has 0 radical (unpaired) electrons. The zero-order valence-corrected chi connectivity index (χ0v) is 14.6. The number of aromatic nitrogens is 3. The number of nitrogens with zero attached hydrogens (tertiary/aromatic N) is 2. The Bertz CT molecular complexity index is 520. The van der Waals surface area contributed by atoms with E-state index in [9.17, 15) is 4.79 Å². The van der Waals surface area contributed by atoms with Crippen LogP contribution in [0.2, 0.25) is 0 Å². The average molecular weight is 312 g/mol. The molecule has 6 heteroatoms. The zero-order valence-electron chi connectivity index (χ0n) is 13.8. The van der Waals surface area contributed by atoms with Crippen molar-refractivity contribution in [1.29, 1.82) is 0 Å². The van der Waals surface area contributed by atoms with Crippen molar-refractivity contribution in [2.24, 2.45) is 5.41 Å². The number of thioether (sulfide) groups is 1. The molecule has 5 nitrogen and oxygen atoms in total. The molecule has 1 saturated carbocycles. The fraction of sp³-hybridized carbons (Fsp3) is 0.867. The molecule has 2 rings (SSSR count). The minimum Gasteiger partial charge on any atom is -0.313 e. The van der Waals surface area contributed by atoms with Crippen LogP contribution in [0.5, 0.6) is 0 Å². The molecule has 0 saturated heterocycles. The summed E-state index contributed by atoms with van der Waals surface area (Å²) in [5, 5.41) is 11.8. The third-order valence-corrected chi connectivity index (χ3v) is 5.70. The predicted octanol–water partition coefficient (Wildman–Crippen LogP) is 2.80. The second-order valence-corrected chi connectivity index (χ2v) is 8.05. The van der Waals surface area contributed by atoms with Crippen LogP contribution in [0.15, 0.2) is 9.95 Å². The summed E-state index contributed by atoms with van der Waals surface area (Å²) in [6.45, 7) is 11.9. The Morgan fingerprint density at radius 1 is 1.52 bits per heavy atom. The third kappa shape index (κ3) is 3.54. The molecule has 1 aromatic rings. The van der Waals surface area contributed by atoms with Gasteiger partial charge in [0.25, 0.3) is 0 Å². The van der Waals surface area contributed by atoms with Gasteiger partial charge in [0, 0.05) is 17.3 Å². The molecule has 0 aromatic carbocycles. The highest BCUT2D eigenvalue weighted by Crippen LogP contribution is 2.42. The van der Waals surface area contributed by atoms with Gasteiger partial charge in [-0.05, 0) is 38.6 Å². The SMILES string of the molecule is CCNC1C(Sc2n[nH]c(=O)n2C(C)C)CCCC1(C)C. The first-order chi connectivity index (χ1) is 9.86.